The molecule has 1 N–H and O–H groups in total. The van der Waals surface area contributed by atoms with Gasteiger partial charge in [-0.15, -0.1) is 0 Å². The molecule has 0 radical (unpaired) electrons. The minimum Gasteiger partial charge on any atom is -0.317 e. The van der Waals surface area contributed by atoms with Crippen LogP contribution in [0.3, 0.4) is 0 Å². The number of pyridine rings is 1. The van der Waals surface area contributed by atoms with Crippen LogP contribution in [0.15, 0.2) is 23.2 Å². The van der Waals surface area contributed by atoms with Crippen molar-refractivity contribution in [3.05, 3.63) is 24.0 Å². The molecule has 1 fully saturated rings. The number of hydrogen-bond donors (Lipinski definition) is 1. The summed E-state index contributed by atoms with van der Waals surface area (Å²) in [5, 5.41) is 12.0. The molecule has 0 aliphatic carbocycles. The van der Waals surface area contributed by atoms with E-state index in [2.05, 4.69) is 10.3 Å². The van der Waals surface area contributed by atoms with Crippen LogP contribution in [-0.4, -0.2) is 43.9 Å². The molecule has 6 nitrogen and oxygen atoms in total. The molecule has 0 saturated carbocycles. The van der Waals surface area contributed by atoms with E-state index < -0.39 is 10.0 Å². The number of nitrogens with one attached hydrogen (secondary N) is 1. The van der Waals surface area contributed by atoms with E-state index in [0.717, 1.165) is 25.9 Å². The fourth-order valence-electron chi connectivity index (χ4n) is 2.50. The van der Waals surface area contributed by atoms with E-state index in [9.17, 15) is 8.42 Å². The third kappa shape index (κ3) is 3.79. The second kappa shape index (κ2) is 6.98. The van der Waals surface area contributed by atoms with Crippen LogP contribution in [0.25, 0.3) is 0 Å². The molecule has 2 heterocycles. The molecule has 0 aromatic carbocycles. The van der Waals surface area contributed by atoms with Crippen LogP contribution in [0.4, 0.5) is 0 Å². The van der Waals surface area contributed by atoms with E-state index in [-0.39, 0.29) is 10.6 Å². The molecule has 0 atom stereocenters. The summed E-state index contributed by atoms with van der Waals surface area (Å²) < 4.78 is 26.8. The summed E-state index contributed by atoms with van der Waals surface area (Å²) >= 11 is 0. The van der Waals surface area contributed by atoms with Crippen molar-refractivity contribution in [2.45, 2.75) is 24.7 Å². The van der Waals surface area contributed by atoms with Gasteiger partial charge in [-0.05, 0) is 44.0 Å². The molecule has 0 spiro atoms. The average Bonchev–Trinajstić information content (AvgIpc) is 2.53. The molecule has 21 heavy (non-hydrogen) atoms. The van der Waals surface area contributed by atoms with Gasteiger partial charge in [0.1, 0.15) is 16.7 Å². The molecule has 1 aliphatic heterocycles. The number of nitrogens with zero attached hydrogens (tertiary/aromatic N) is 3. The van der Waals surface area contributed by atoms with E-state index in [4.69, 9.17) is 5.26 Å². The zero-order chi connectivity index (χ0) is 15.3. The highest BCUT2D eigenvalue weighted by molar-refractivity contribution is 7.89. The maximum absolute atomic E-state index is 12.6. The lowest BCUT2D eigenvalue weighted by atomic mass is 9.98. The van der Waals surface area contributed by atoms with Gasteiger partial charge in [-0.25, -0.2) is 13.4 Å². The van der Waals surface area contributed by atoms with E-state index in [1.807, 2.05) is 13.0 Å². The Labute approximate surface area is 125 Å². The van der Waals surface area contributed by atoms with E-state index in [1.165, 1.54) is 22.6 Å². The van der Waals surface area contributed by atoms with Gasteiger partial charge in [0.25, 0.3) is 0 Å². The molecule has 1 aromatic rings. The molecule has 1 aliphatic rings. The maximum atomic E-state index is 12.6. The highest BCUT2D eigenvalue weighted by Crippen LogP contribution is 2.20. The van der Waals surface area contributed by atoms with Crippen LogP contribution in [0.5, 0.6) is 0 Å². The highest BCUT2D eigenvalue weighted by atomic mass is 32.2. The molecule has 2 rings (SSSR count). The molecule has 0 amide bonds. The first-order valence-electron chi connectivity index (χ1n) is 7.15. The number of piperidine rings is 1. The second-order valence-electron chi connectivity index (χ2n) is 5.14. The fourth-order valence-corrected chi connectivity index (χ4v) is 3.97. The van der Waals surface area contributed by atoms with Gasteiger partial charge in [-0.1, -0.05) is 6.92 Å². The summed E-state index contributed by atoms with van der Waals surface area (Å²) in [7, 11) is -3.53. The van der Waals surface area contributed by atoms with E-state index in [0.29, 0.717) is 19.0 Å². The highest BCUT2D eigenvalue weighted by Gasteiger charge is 2.26. The van der Waals surface area contributed by atoms with Gasteiger partial charge >= 0.3 is 0 Å². The summed E-state index contributed by atoms with van der Waals surface area (Å²) in [4.78, 5) is 4.00. The largest absolute Gasteiger partial charge is 0.317 e. The zero-order valence-corrected chi connectivity index (χ0v) is 12.9. The van der Waals surface area contributed by atoms with Crippen LogP contribution in [0.2, 0.25) is 0 Å². The summed E-state index contributed by atoms with van der Waals surface area (Å²) in [6, 6.07) is 4.77. The van der Waals surface area contributed by atoms with Crippen molar-refractivity contribution in [1.29, 1.82) is 5.26 Å². The predicted octanol–water partition coefficient (Wildman–Crippen LogP) is 0.963. The van der Waals surface area contributed by atoms with Gasteiger partial charge in [0.15, 0.2) is 0 Å². The van der Waals surface area contributed by atoms with Crippen molar-refractivity contribution >= 4 is 10.0 Å². The lowest BCUT2D eigenvalue weighted by Gasteiger charge is -2.28. The Morgan fingerprint density at radius 3 is 2.67 bits per heavy atom. The van der Waals surface area contributed by atoms with Crippen molar-refractivity contribution in [3.8, 4) is 6.07 Å². The molecule has 1 aromatic heterocycles. The number of rotatable bonds is 5. The molecule has 0 unspecified atom stereocenters. The summed E-state index contributed by atoms with van der Waals surface area (Å²) in [5.74, 6) is 0.396. The van der Waals surface area contributed by atoms with E-state index in [1.54, 1.807) is 0 Å². The smallest absolute Gasteiger partial charge is 0.244 e. The van der Waals surface area contributed by atoms with Crippen LogP contribution in [0.1, 0.15) is 25.5 Å². The van der Waals surface area contributed by atoms with Crippen molar-refractivity contribution in [2.24, 2.45) is 5.92 Å². The van der Waals surface area contributed by atoms with Gasteiger partial charge in [0.05, 0.1) is 0 Å². The Bertz CT molecular complexity index is 601. The summed E-state index contributed by atoms with van der Waals surface area (Å²) in [5.41, 5.74) is 0.218. The third-order valence-electron chi connectivity index (χ3n) is 3.76. The summed E-state index contributed by atoms with van der Waals surface area (Å²) in [6.07, 6.45) is 3.26. The van der Waals surface area contributed by atoms with Gasteiger partial charge in [0, 0.05) is 19.3 Å². The zero-order valence-electron chi connectivity index (χ0n) is 12.1. The number of hydrogen-bond acceptors (Lipinski definition) is 5. The monoisotopic (exact) mass is 308 g/mol. The molecule has 1 saturated heterocycles. The lowest BCUT2D eigenvalue weighted by molar-refractivity contribution is 0.294. The van der Waals surface area contributed by atoms with Gasteiger partial charge < -0.3 is 5.32 Å². The van der Waals surface area contributed by atoms with E-state index >= 15 is 0 Å². The Kier molecular flexibility index (Phi) is 5.28. The van der Waals surface area contributed by atoms with Gasteiger partial charge in [-0.2, -0.15) is 9.57 Å². The molecular weight excluding hydrogens is 288 g/mol. The number of nitriles is 1. The van der Waals surface area contributed by atoms with Crippen LogP contribution in [0, 0.1) is 17.2 Å². The first-order chi connectivity index (χ1) is 10.1. The first-order valence-corrected chi connectivity index (χ1v) is 8.59. The summed E-state index contributed by atoms with van der Waals surface area (Å²) in [6.45, 7) is 4.71. The Hall–Kier alpha value is -1.49. The van der Waals surface area contributed by atoms with Crippen molar-refractivity contribution in [3.63, 3.8) is 0 Å². The lowest BCUT2D eigenvalue weighted by Crippen LogP contribution is -2.39. The second-order valence-corrected chi connectivity index (χ2v) is 7.08. The topological polar surface area (TPSA) is 86.1 Å². The van der Waals surface area contributed by atoms with Crippen molar-refractivity contribution in [1.82, 2.24) is 14.6 Å². The van der Waals surface area contributed by atoms with Crippen molar-refractivity contribution < 1.29 is 8.42 Å². The van der Waals surface area contributed by atoms with Crippen LogP contribution in [-0.2, 0) is 10.0 Å². The maximum Gasteiger partial charge on any atom is 0.244 e. The molecule has 7 heteroatoms. The first kappa shape index (κ1) is 15.9. The fraction of sp³-hybridized carbons (Fsp3) is 0.571. The Morgan fingerprint density at radius 2 is 2.14 bits per heavy atom. The molecule has 114 valence electrons. The van der Waals surface area contributed by atoms with Gasteiger partial charge in [-0.3, -0.25) is 0 Å². The Balaban J connectivity index is 2.16. The predicted molar refractivity (Wildman–Crippen MR) is 79.0 cm³/mol. The minimum absolute atomic E-state index is 0.150. The van der Waals surface area contributed by atoms with Crippen molar-refractivity contribution in [2.75, 3.05) is 26.2 Å². The number of aromatic nitrogens is 1. The Morgan fingerprint density at radius 1 is 1.43 bits per heavy atom. The van der Waals surface area contributed by atoms with Crippen LogP contribution < -0.4 is 5.32 Å². The SMILES string of the molecule is CCN(CC1CCNCC1)S(=O)(=O)c1ccc(C#N)nc1. The average molecular weight is 308 g/mol. The standard InChI is InChI=1S/C14H20N4O2S/c1-2-18(11-12-5-7-16-8-6-12)21(19,20)14-4-3-13(9-15)17-10-14/h3-4,10,12,16H,2,5-8,11H2,1H3. The molecule has 0 bridgehead atoms. The normalized spacial score (nSPS) is 16.8. The van der Waals surface area contributed by atoms with Gasteiger partial charge in [0.2, 0.25) is 10.0 Å². The molecular formula is C14H20N4O2S. The minimum atomic E-state index is -3.53. The van der Waals surface area contributed by atoms with Crippen LogP contribution >= 0.6 is 0 Å². The number of sulfonamides is 1. The quantitative estimate of drug-likeness (QED) is 0.875. The third-order valence-corrected chi connectivity index (χ3v) is 5.69.